The molecule has 16 heavy (non-hydrogen) atoms. The summed E-state index contributed by atoms with van der Waals surface area (Å²) in [4.78, 5) is 0. The van der Waals surface area contributed by atoms with Crippen LogP contribution >= 0.6 is 0 Å². The average molecular weight is 221 g/mol. The number of hydrogen-bond donors (Lipinski definition) is 2. The minimum Gasteiger partial charge on any atom is -0.504 e. The molecule has 88 valence electrons. The number of ether oxygens (including phenoxy) is 1. The lowest BCUT2D eigenvalue weighted by Gasteiger charge is -2.30. The molecule has 3 heteroatoms. The van der Waals surface area contributed by atoms with Gasteiger partial charge < -0.3 is 15.2 Å². The first-order valence-electron chi connectivity index (χ1n) is 5.83. The Hall–Kier alpha value is -1.22. The fraction of sp³-hybridized carbons (Fsp3) is 0.538. The van der Waals surface area contributed by atoms with Crippen molar-refractivity contribution in [3.8, 4) is 11.5 Å². The molecule has 1 aromatic rings. The lowest BCUT2D eigenvalue weighted by Crippen LogP contribution is -2.36. The lowest BCUT2D eigenvalue weighted by molar-refractivity contribution is 0.312. The van der Waals surface area contributed by atoms with Crippen LogP contribution in [0.2, 0.25) is 0 Å². The van der Waals surface area contributed by atoms with E-state index in [-0.39, 0.29) is 5.75 Å². The molecule has 0 heterocycles. The molecule has 0 amide bonds. The van der Waals surface area contributed by atoms with Crippen LogP contribution in [0.5, 0.6) is 11.5 Å². The van der Waals surface area contributed by atoms with Crippen molar-refractivity contribution in [1.29, 1.82) is 0 Å². The topological polar surface area (TPSA) is 41.5 Å². The molecule has 1 atom stereocenters. The number of phenolic OH excluding ortho intramolecular Hbond substituents is 1. The van der Waals surface area contributed by atoms with Gasteiger partial charge in [0, 0.05) is 12.1 Å². The van der Waals surface area contributed by atoms with Crippen molar-refractivity contribution in [2.45, 2.75) is 38.3 Å². The molecule has 0 spiro atoms. The number of rotatable bonds is 4. The van der Waals surface area contributed by atoms with Crippen LogP contribution in [0.25, 0.3) is 0 Å². The molecule has 1 aliphatic carbocycles. The van der Waals surface area contributed by atoms with Gasteiger partial charge in [0.2, 0.25) is 0 Å². The largest absolute Gasteiger partial charge is 0.504 e. The van der Waals surface area contributed by atoms with Crippen LogP contribution in [0.4, 0.5) is 0 Å². The smallest absolute Gasteiger partial charge is 0.160 e. The van der Waals surface area contributed by atoms with Gasteiger partial charge in [-0.2, -0.15) is 0 Å². The molecular formula is C13H19NO2. The van der Waals surface area contributed by atoms with Crippen LogP contribution < -0.4 is 10.1 Å². The Kier molecular flexibility index (Phi) is 3.34. The Balaban J connectivity index is 2.06. The maximum Gasteiger partial charge on any atom is 0.160 e. The SMILES string of the molecule is COc1cc(C(C)NC2CCC2)ccc1O. The molecule has 0 bridgehead atoms. The summed E-state index contributed by atoms with van der Waals surface area (Å²) < 4.78 is 5.10. The molecule has 0 aromatic heterocycles. The predicted octanol–water partition coefficient (Wildman–Crippen LogP) is 2.60. The van der Waals surface area contributed by atoms with Gasteiger partial charge in [-0.05, 0) is 37.5 Å². The maximum absolute atomic E-state index is 9.51. The quantitative estimate of drug-likeness (QED) is 0.821. The van der Waals surface area contributed by atoms with E-state index in [4.69, 9.17) is 4.74 Å². The second-order valence-corrected chi connectivity index (χ2v) is 4.45. The van der Waals surface area contributed by atoms with Crippen LogP contribution in [0.1, 0.15) is 37.8 Å². The second kappa shape index (κ2) is 4.74. The van der Waals surface area contributed by atoms with Gasteiger partial charge in [-0.1, -0.05) is 12.5 Å². The third-order valence-electron chi connectivity index (χ3n) is 3.29. The molecular weight excluding hydrogens is 202 g/mol. The molecule has 1 saturated carbocycles. The number of nitrogens with one attached hydrogen (secondary N) is 1. The summed E-state index contributed by atoms with van der Waals surface area (Å²) in [7, 11) is 1.57. The Morgan fingerprint density at radius 2 is 2.19 bits per heavy atom. The molecule has 2 rings (SSSR count). The minimum absolute atomic E-state index is 0.196. The molecule has 0 saturated heterocycles. The van der Waals surface area contributed by atoms with E-state index in [0.29, 0.717) is 17.8 Å². The van der Waals surface area contributed by atoms with E-state index >= 15 is 0 Å². The zero-order chi connectivity index (χ0) is 11.5. The first-order chi connectivity index (χ1) is 7.70. The van der Waals surface area contributed by atoms with Crippen molar-refractivity contribution in [3.05, 3.63) is 23.8 Å². The third kappa shape index (κ3) is 2.30. The van der Waals surface area contributed by atoms with Crippen molar-refractivity contribution in [1.82, 2.24) is 5.32 Å². The van der Waals surface area contributed by atoms with Crippen molar-refractivity contribution < 1.29 is 9.84 Å². The van der Waals surface area contributed by atoms with Crippen molar-refractivity contribution in [2.75, 3.05) is 7.11 Å². The minimum atomic E-state index is 0.196. The normalized spacial score (nSPS) is 17.9. The fourth-order valence-corrected chi connectivity index (χ4v) is 1.99. The summed E-state index contributed by atoms with van der Waals surface area (Å²) in [6.07, 6.45) is 3.89. The Morgan fingerprint density at radius 3 is 2.75 bits per heavy atom. The predicted molar refractivity (Wildman–Crippen MR) is 63.8 cm³/mol. The van der Waals surface area contributed by atoms with Crippen LogP contribution in [-0.4, -0.2) is 18.3 Å². The Morgan fingerprint density at radius 1 is 1.44 bits per heavy atom. The van der Waals surface area contributed by atoms with Gasteiger partial charge in [-0.15, -0.1) is 0 Å². The molecule has 2 N–H and O–H groups in total. The third-order valence-corrected chi connectivity index (χ3v) is 3.29. The van der Waals surface area contributed by atoms with E-state index in [9.17, 15) is 5.11 Å². The lowest BCUT2D eigenvalue weighted by atomic mass is 9.92. The van der Waals surface area contributed by atoms with E-state index in [1.165, 1.54) is 19.3 Å². The van der Waals surface area contributed by atoms with E-state index in [0.717, 1.165) is 5.56 Å². The van der Waals surface area contributed by atoms with E-state index in [2.05, 4.69) is 12.2 Å². The van der Waals surface area contributed by atoms with E-state index < -0.39 is 0 Å². The van der Waals surface area contributed by atoms with Crippen molar-refractivity contribution in [2.24, 2.45) is 0 Å². The van der Waals surface area contributed by atoms with Crippen LogP contribution in [0, 0.1) is 0 Å². The van der Waals surface area contributed by atoms with E-state index in [1.54, 1.807) is 13.2 Å². The highest BCUT2D eigenvalue weighted by molar-refractivity contribution is 5.42. The molecule has 0 radical (unpaired) electrons. The first-order valence-corrected chi connectivity index (χ1v) is 5.83. The Bertz CT molecular complexity index is 361. The Labute approximate surface area is 96.4 Å². The van der Waals surface area contributed by atoms with Crippen molar-refractivity contribution >= 4 is 0 Å². The monoisotopic (exact) mass is 221 g/mol. The second-order valence-electron chi connectivity index (χ2n) is 4.45. The number of phenols is 1. The van der Waals surface area contributed by atoms with Crippen LogP contribution in [-0.2, 0) is 0 Å². The van der Waals surface area contributed by atoms with Crippen molar-refractivity contribution in [3.63, 3.8) is 0 Å². The van der Waals surface area contributed by atoms with Gasteiger partial charge in [0.1, 0.15) is 0 Å². The highest BCUT2D eigenvalue weighted by atomic mass is 16.5. The summed E-state index contributed by atoms with van der Waals surface area (Å²) in [5.74, 6) is 0.738. The molecule has 0 aliphatic heterocycles. The number of methoxy groups -OCH3 is 1. The molecule has 3 nitrogen and oxygen atoms in total. The summed E-state index contributed by atoms with van der Waals surface area (Å²) in [6.45, 7) is 2.14. The summed E-state index contributed by atoms with van der Waals surface area (Å²) in [6, 6.07) is 6.49. The zero-order valence-electron chi connectivity index (χ0n) is 9.86. The van der Waals surface area contributed by atoms with Gasteiger partial charge in [-0.3, -0.25) is 0 Å². The standard InChI is InChI=1S/C13H19NO2/c1-9(14-11-4-3-5-11)10-6-7-12(15)13(8-10)16-2/h6-9,11,14-15H,3-5H2,1-2H3. The fourth-order valence-electron chi connectivity index (χ4n) is 1.99. The van der Waals surface area contributed by atoms with Gasteiger partial charge in [0.15, 0.2) is 11.5 Å². The number of aromatic hydroxyl groups is 1. The number of benzene rings is 1. The molecule has 1 aromatic carbocycles. The maximum atomic E-state index is 9.51. The summed E-state index contributed by atoms with van der Waals surface area (Å²) in [5.41, 5.74) is 1.15. The highest BCUT2D eigenvalue weighted by Gasteiger charge is 2.20. The summed E-state index contributed by atoms with van der Waals surface area (Å²) in [5, 5.41) is 13.1. The van der Waals surface area contributed by atoms with Gasteiger partial charge in [0.25, 0.3) is 0 Å². The van der Waals surface area contributed by atoms with Gasteiger partial charge in [-0.25, -0.2) is 0 Å². The molecule has 1 aliphatic rings. The first kappa shape index (κ1) is 11.3. The van der Waals surface area contributed by atoms with Gasteiger partial charge >= 0.3 is 0 Å². The van der Waals surface area contributed by atoms with Gasteiger partial charge in [0.05, 0.1) is 7.11 Å². The van der Waals surface area contributed by atoms with E-state index in [1.807, 2.05) is 12.1 Å². The molecule has 1 fully saturated rings. The highest BCUT2D eigenvalue weighted by Crippen LogP contribution is 2.30. The number of hydrogen-bond acceptors (Lipinski definition) is 3. The van der Waals surface area contributed by atoms with Crippen LogP contribution in [0.3, 0.4) is 0 Å². The average Bonchev–Trinajstić information content (AvgIpc) is 2.24. The zero-order valence-corrected chi connectivity index (χ0v) is 9.86. The molecule has 1 unspecified atom stereocenters. The summed E-state index contributed by atoms with van der Waals surface area (Å²) >= 11 is 0. The van der Waals surface area contributed by atoms with Crippen LogP contribution in [0.15, 0.2) is 18.2 Å².